The smallest absolute Gasteiger partial charge is 0.287 e. The molecule has 1 aliphatic rings. The van der Waals surface area contributed by atoms with Gasteiger partial charge < -0.3 is 14.3 Å². The van der Waals surface area contributed by atoms with Crippen molar-refractivity contribution in [3.8, 4) is 5.69 Å². The Morgan fingerprint density at radius 2 is 1.93 bits per heavy atom. The monoisotopic (exact) mass is 364 g/mol. The van der Waals surface area contributed by atoms with Crippen LogP contribution in [0.25, 0.3) is 5.69 Å². The van der Waals surface area contributed by atoms with Crippen LogP contribution >= 0.6 is 0 Å². The summed E-state index contributed by atoms with van der Waals surface area (Å²) in [7, 11) is 0. The fourth-order valence-electron chi connectivity index (χ4n) is 3.44. The Labute approximate surface area is 158 Å². The molecule has 6 nitrogen and oxygen atoms in total. The van der Waals surface area contributed by atoms with E-state index in [1.165, 1.54) is 12.8 Å². The second-order valence-electron chi connectivity index (χ2n) is 6.94. The Kier molecular flexibility index (Phi) is 5.07. The zero-order chi connectivity index (χ0) is 18.6. The maximum Gasteiger partial charge on any atom is 0.287 e. The summed E-state index contributed by atoms with van der Waals surface area (Å²) in [5, 5.41) is 2.92. The quantitative estimate of drug-likeness (QED) is 0.729. The van der Waals surface area contributed by atoms with Crippen molar-refractivity contribution in [1.82, 2.24) is 19.8 Å². The molecular weight excluding hydrogens is 340 g/mol. The van der Waals surface area contributed by atoms with Crippen LogP contribution in [0, 0.1) is 6.92 Å². The Hall–Kier alpha value is -2.86. The van der Waals surface area contributed by atoms with E-state index in [9.17, 15) is 4.79 Å². The number of likely N-dealkylation sites (tertiary alicyclic amines) is 1. The number of carbonyl (C=O) groups is 1. The summed E-state index contributed by atoms with van der Waals surface area (Å²) in [5.41, 5.74) is 2.09. The van der Waals surface area contributed by atoms with Gasteiger partial charge >= 0.3 is 0 Å². The first-order valence-electron chi connectivity index (χ1n) is 9.37. The zero-order valence-corrected chi connectivity index (χ0v) is 15.5. The molecule has 1 amide bonds. The molecule has 0 atom stereocenters. The number of amides is 1. The highest BCUT2D eigenvalue weighted by Gasteiger charge is 2.16. The van der Waals surface area contributed by atoms with Crippen LogP contribution in [0.2, 0.25) is 0 Å². The van der Waals surface area contributed by atoms with E-state index in [1.54, 1.807) is 12.3 Å². The van der Waals surface area contributed by atoms with Crippen LogP contribution in [-0.2, 0) is 13.1 Å². The van der Waals surface area contributed by atoms with E-state index in [0.29, 0.717) is 12.3 Å². The van der Waals surface area contributed by atoms with Gasteiger partial charge in [0.05, 0.1) is 6.54 Å². The third-order valence-electron chi connectivity index (χ3n) is 4.96. The number of imidazole rings is 1. The molecule has 140 valence electrons. The fourth-order valence-corrected chi connectivity index (χ4v) is 3.44. The summed E-state index contributed by atoms with van der Waals surface area (Å²) in [4.78, 5) is 18.9. The number of aryl methyl sites for hydroxylation is 1. The standard InChI is InChI=1S/C21H24N4O2/c1-16-22-10-13-25(16)18-6-4-17(5-7-18)14-23-21(26)20-9-8-19(27-20)15-24-11-2-3-12-24/h4-10,13H,2-3,11-12,14-15H2,1H3,(H,23,26). The van der Waals surface area contributed by atoms with E-state index in [1.807, 2.05) is 48.0 Å². The lowest BCUT2D eigenvalue weighted by Crippen LogP contribution is -2.22. The molecule has 1 saturated heterocycles. The van der Waals surface area contributed by atoms with E-state index in [-0.39, 0.29) is 5.91 Å². The van der Waals surface area contributed by atoms with Crippen LogP contribution in [0.1, 0.15) is 40.5 Å². The molecule has 6 heteroatoms. The van der Waals surface area contributed by atoms with Gasteiger partial charge in [0, 0.05) is 24.6 Å². The molecule has 27 heavy (non-hydrogen) atoms. The topological polar surface area (TPSA) is 63.3 Å². The zero-order valence-electron chi connectivity index (χ0n) is 15.5. The van der Waals surface area contributed by atoms with Crippen molar-refractivity contribution in [3.05, 3.63) is 71.7 Å². The molecule has 0 radical (unpaired) electrons. The van der Waals surface area contributed by atoms with Gasteiger partial charge in [0.1, 0.15) is 11.6 Å². The lowest BCUT2D eigenvalue weighted by Gasteiger charge is -2.11. The molecule has 1 aliphatic heterocycles. The number of hydrogen-bond donors (Lipinski definition) is 1. The average Bonchev–Trinajstić information content (AvgIpc) is 3.43. The number of nitrogens with zero attached hydrogens (tertiary/aromatic N) is 3. The summed E-state index contributed by atoms with van der Waals surface area (Å²) in [5.74, 6) is 1.98. The first kappa shape index (κ1) is 17.5. The molecule has 1 aromatic carbocycles. The first-order chi connectivity index (χ1) is 13.2. The van der Waals surface area contributed by atoms with Crippen LogP contribution < -0.4 is 5.32 Å². The fraction of sp³-hybridized carbons (Fsp3) is 0.333. The predicted molar refractivity (Wildman–Crippen MR) is 103 cm³/mol. The molecule has 4 rings (SSSR count). The Morgan fingerprint density at radius 1 is 1.15 bits per heavy atom. The second-order valence-corrected chi connectivity index (χ2v) is 6.94. The molecule has 3 heterocycles. The normalized spacial score (nSPS) is 14.6. The SMILES string of the molecule is Cc1nccn1-c1ccc(CNC(=O)c2ccc(CN3CCCC3)o2)cc1. The summed E-state index contributed by atoms with van der Waals surface area (Å²) < 4.78 is 7.73. The summed E-state index contributed by atoms with van der Waals surface area (Å²) >= 11 is 0. The average molecular weight is 364 g/mol. The first-order valence-corrected chi connectivity index (χ1v) is 9.37. The maximum absolute atomic E-state index is 12.3. The number of carbonyl (C=O) groups excluding carboxylic acids is 1. The van der Waals surface area contributed by atoms with Gasteiger partial charge in [-0.1, -0.05) is 12.1 Å². The Balaban J connectivity index is 1.32. The molecule has 1 N–H and O–H groups in total. The van der Waals surface area contributed by atoms with Gasteiger partial charge in [-0.15, -0.1) is 0 Å². The summed E-state index contributed by atoms with van der Waals surface area (Å²) in [6, 6.07) is 11.7. The Morgan fingerprint density at radius 3 is 2.63 bits per heavy atom. The molecule has 0 spiro atoms. The van der Waals surface area contributed by atoms with E-state index in [4.69, 9.17) is 4.42 Å². The van der Waals surface area contributed by atoms with Gasteiger partial charge in [0.25, 0.3) is 5.91 Å². The molecule has 0 bridgehead atoms. The van der Waals surface area contributed by atoms with Crippen LogP contribution in [-0.4, -0.2) is 33.4 Å². The van der Waals surface area contributed by atoms with Gasteiger partial charge in [0.15, 0.2) is 5.76 Å². The highest BCUT2D eigenvalue weighted by Crippen LogP contribution is 2.16. The largest absolute Gasteiger partial charge is 0.455 e. The van der Waals surface area contributed by atoms with Crippen LogP contribution in [0.4, 0.5) is 0 Å². The van der Waals surface area contributed by atoms with Gasteiger partial charge in [-0.2, -0.15) is 0 Å². The lowest BCUT2D eigenvalue weighted by atomic mass is 10.2. The third kappa shape index (κ3) is 4.11. The lowest BCUT2D eigenvalue weighted by molar-refractivity contribution is 0.0919. The number of nitrogens with one attached hydrogen (secondary N) is 1. The number of hydrogen-bond acceptors (Lipinski definition) is 4. The van der Waals surface area contributed by atoms with Gasteiger partial charge in [-0.05, 0) is 62.7 Å². The minimum atomic E-state index is -0.183. The van der Waals surface area contributed by atoms with E-state index >= 15 is 0 Å². The number of furan rings is 1. The van der Waals surface area contributed by atoms with E-state index in [2.05, 4.69) is 15.2 Å². The van der Waals surface area contributed by atoms with Crippen molar-refractivity contribution in [2.24, 2.45) is 0 Å². The second kappa shape index (κ2) is 7.80. The van der Waals surface area contributed by atoms with Crippen molar-refractivity contribution in [2.75, 3.05) is 13.1 Å². The molecule has 0 saturated carbocycles. The summed E-state index contributed by atoms with van der Waals surface area (Å²) in [6.07, 6.45) is 6.20. The number of rotatable bonds is 6. The molecule has 2 aromatic heterocycles. The van der Waals surface area contributed by atoms with E-state index in [0.717, 1.165) is 42.5 Å². The number of aromatic nitrogens is 2. The molecule has 3 aromatic rings. The minimum Gasteiger partial charge on any atom is -0.455 e. The van der Waals surface area contributed by atoms with Gasteiger partial charge in [-0.3, -0.25) is 9.69 Å². The minimum absolute atomic E-state index is 0.183. The van der Waals surface area contributed by atoms with Gasteiger partial charge in [-0.25, -0.2) is 4.98 Å². The predicted octanol–water partition coefficient (Wildman–Crippen LogP) is 3.30. The van der Waals surface area contributed by atoms with Crippen molar-refractivity contribution in [3.63, 3.8) is 0 Å². The maximum atomic E-state index is 12.3. The van der Waals surface area contributed by atoms with Crippen molar-refractivity contribution in [2.45, 2.75) is 32.9 Å². The summed E-state index contributed by atoms with van der Waals surface area (Å²) in [6.45, 7) is 5.43. The van der Waals surface area contributed by atoms with Gasteiger partial charge in [0.2, 0.25) is 0 Å². The molecule has 0 unspecified atom stereocenters. The van der Waals surface area contributed by atoms with Crippen LogP contribution in [0.3, 0.4) is 0 Å². The third-order valence-corrected chi connectivity index (χ3v) is 4.96. The Bertz CT molecular complexity index is 904. The molecule has 1 fully saturated rings. The van der Waals surface area contributed by atoms with Crippen molar-refractivity contribution >= 4 is 5.91 Å². The van der Waals surface area contributed by atoms with Crippen LogP contribution in [0.5, 0.6) is 0 Å². The highest BCUT2D eigenvalue weighted by molar-refractivity contribution is 5.91. The van der Waals surface area contributed by atoms with E-state index < -0.39 is 0 Å². The number of benzene rings is 1. The molecular formula is C21H24N4O2. The van der Waals surface area contributed by atoms with Crippen LogP contribution in [0.15, 0.2) is 53.2 Å². The molecule has 0 aliphatic carbocycles. The van der Waals surface area contributed by atoms with Crippen molar-refractivity contribution in [1.29, 1.82) is 0 Å². The highest BCUT2D eigenvalue weighted by atomic mass is 16.4. The van der Waals surface area contributed by atoms with Crippen molar-refractivity contribution < 1.29 is 9.21 Å².